The van der Waals surface area contributed by atoms with Gasteiger partial charge in [-0.2, -0.15) is 0 Å². The predicted octanol–water partition coefficient (Wildman–Crippen LogP) is 2.48. The number of rotatable bonds is 7. The van der Waals surface area contributed by atoms with Gasteiger partial charge in [-0.1, -0.05) is 0 Å². The second-order valence-electron chi connectivity index (χ2n) is 7.45. The standard InChI is InChI=1S/C21H31N5O3.HI/c1-4-22-20(25-15-21(3,27)18-6-5-10-29-18)24-13-17-7-8-23-19(12-17)26-9-11-28-16(2)14-26;/h5-8,10,12,16,27H,4,9,11,13-15H2,1-3H3,(H2,22,24,25);1H. The third-order valence-corrected chi connectivity index (χ3v) is 4.79. The first-order chi connectivity index (χ1) is 14.0. The molecule has 3 N–H and O–H groups in total. The number of morpholine rings is 1. The Labute approximate surface area is 195 Å². The van der Waals surface area contributed by atoms with Gasteiger partial charge in [0.15, 0.2) is 5.96 Å². The van der Waals surface area contributed by atoms with Crippen molar-refractivity contribution in [2.24, 2.45) is 4.99 Å². The van der Waals surface area contributed by atoms with E-state index in [4.69, 9.17) is 9.15 Å². The van der Waals surface area contributed by atoms with Crippen LogP contribution in [0.25, 0.3) is 0 Å². The fourth-order valence-corrected chi connectivity index (χ4v) is 3.20. The first-order valence-electron chi connectivity index (χ1n) is 10.1. The Balaban J connectivity index is 0.00000320. The smallest absolute Gasteiger partial charge is 0.191 e. The van der Waals surface area contributed by atoms with E-state index in [2.05, 4.69) is 38.5 Å². The fourth-order valence-electron chi connectivity index (χ4n) is 3.20. The quantitative estimate of drug-likeness (QED) is 0.288. The average Bonchev–Trinajstić information content (AvgIpc) is 3.26. The lowest BCUT2D eigenvalue weighted by Gasteiger charge is -2.32. The zero-order valence-electron chi connectivity index (χ0n) is 17.8. The van der Waals surface area contributed by atoms with Crippen LogP contribution in [-0.2, 0) is 16.9 Å². The molecule has 1 saturated heterocycles. The van der Waals surface area contributed by atoms with Crippen molar-refractivity contribution in [3.05, 3.63) is 48.0 Å². The highest BCUT2D eigenvalue weighted by Gasteiger charge is 2.26. The van der Waals surface area contributed by atoms with Gasteiger partial charge in [0, 0.05) is 25.8 Å². The number of furan rings is 1. The number of halogens is 1. The zero-order chi connectivity index (χ0) is 20.7. The SMILES string of the molecule is CCNC(=NCc1ccnc(N2CCOC(C)C2)c1)NCC(C)(O)c1ccco1.I. The summed E-state index contributed by atoms with van der Waals surface area (Å²) in [4.78, 5) is 11.4. The molecule has 3 rings (SSSR count). The molecular formula is C21H32IN5O3. The molecule has 2 aromatic rings. The van der Waals surface area contributed by atoms with Crippen LogP contribution in [0.4, 0.5) is 5.82 Å². The van der Waals surface area contributed by atoms with Crippen LogP contribution < -0.4 is 15.5 Å². The molecule has 3 heterocycles. The highest BCUT2D eigenvalue weighted by Crippen LogP contribution is 2.20. The van der Waals surface area contributed by atoms with Gasteiger partial charge in [-0.05, 0) is 50.6 Å². The van der Waals surface area contributed by atoms with Crippen molar-refractivity contribution in [3.63, 3.8) is 0 Å². The summed E-state index contributed by atoms with van der Waals surface area (Å²) >= 11 is 0. The Morgan fingerprint density at radius 3 is 2.93 bits per heavy atom. The van der Waals surface area contributed by atoms with Crippen LogP contribution in [0.2, 0.25) is 0 Å². The predicted molar refractivity (Wildman–Crippen MR) is 128 cm³/mol. The van der Waals surface area contributed by atoms with Crippen molar-refractivity contribution in [2.75, 3.05) is 37.7 Å². The molecule has 0 amide bonds. The van der Waals surface area contributed by atoms with Crippen molar-refractivity contribution in [1.82, 2.24) is 15.6 Å². The summed E-state index contributed by atoms with van der Waals surface area (Å²) in [6, 6.07) is 7.57. The van der Waals surface area contributed by atoms with E-state index < -0.39 is 5.60 Å². The third kappa shape index (κ3) is 6.85. The first-order valence-corrected chi connectivity index (χ1v) is 10.1. The topological polar surface area (TPSA) is 95.2 Å². The molecular weight excluding hydrogens is 497 g/mol. The van der Waals surface area contributed by atoms with Gasteiger partial charge in [0.25, 0.3) is 0 Å². The molecule has 2 atom stereocenters. The Kier molecular flexibility index (Phi) is 9.37. The van der Waals surface area contributed by atoms with Crippen LogP contribution in [0.15, 0.2) is 46.1 Å². The number of nitrogens with zero attached hydrogens (tertiary/aromatic N) is 3. The molecule has 0 spiro atoms. The van der Waals surface area contributed by atoms with E-state index in [1.807, 2.05) is 19.2 Å². The number of guanidine groups is 1. The van der Waals surface area contributed by atoms with E-state index in [9.17, 15) is 5.11 Å². The second kappa shape index (κ2) is 11.5. The number of anilines is 1. The first kappa shape index (κ1) is 24.4. The Morgan fingerprint density at radius 1 is 1.40 bits per heavy atom. The van der Waals surface area contributed by atoms with Crippen LogP contribution >= 0.6 is 24.0 Å². The van der Waals surface area contributed by atoms with Crippen molar-refractivity contribution in [2.45, 2.75) is 39.0 Å². The molecule has 0 aliphatic carbocycles. The summed E-state index contributed by atoms with van der Waals surface area (Å²) < 4.78 is 10.9. The van der Waals surface area contributed by atoms with Gasteiger partial charge in [0.1, 0.15) is 17.2 Å². The molecule has 166 valence electrons. The number of aliphatic imine (C=N–C) groups is 1. The minimum absolute atomic E-state index is 0. The number of aromatic nitrogens is 1. The third-order valence-electron chi connectivity index (χ3n) is 4.79. The normalized spacial score (nSPS) is 19.0. The largest absolute Gasteiger partial charge is 0.466 e. The fraction of sp³-hybridized carbons (Fsp3) is 0.524. The van der Waals surface area contributed by atoms with E-state index in [1.165, 1.54) is 0 Å². The summed E-state index contributed by atoms with van der Waals surface area (Å²) in [5, 5.41) is 17.0. The van der Waals surface area contributed by atoms with E-state index in [-0.39, 0.29) is 36.6 Å². The summed E-state index contributed by atoms with van der Waals surface area (Å²) in [7, 11) is 0. The monoisotopic (exact) mass is 529 g/mol. The van der Waals surface area contributed by atoms with Crippen LogP contribution in [0.5, 0.6) is 0 Å². The van der Waals surface area contributed by atoms with Crippen LogP contribution in [-0.4, -0.2) is 54.9 Å². The molecule has 1 fully saturated rings. The highest BCUT2D eigenvalue weighted by molar-refractivity contribution is 14.0. The van der Waals surface area contributed by atoms with Gasteiger partial charge >= 0.3 is 0 Å². The van der Waals surface area contributed by atoms with Crippen molar-refractivity contribution in [3.8, 4) is 0 Å². The number of ether oxygens (including phenoxy) is 1. The maximum Gasteiger partial charge on any atom is 0.191 e. The molecule has 0 radical (unpaired) electrons. The molecule has 8 nitrogen and oxygen atoms in total. The molecule has 2 unspecified atom stereocenters. The molecule has 1 aliphatic rings. The Morgan fingerprint density at radius 2 is 2.23 bits per heavy atom. The second-order valence-corrected chi connectivity index (χ2v) is 7.45. The van der Waals surface area contributed by atoms with Gasteiger partial charge < -0.3 is 29.8 Å². The Bertz CT molecular complexity index is 798. The lowest BCUT2D eigenvalue weighted by atomic mass is 10.0. The van der Waals surface area contributed by atoms with E-state index in [0.29, 0.717) is 18.3 Å². The van der Waals surface area contributed by atoms with Crippen LogP contribution in [0, 0.1) is 0 Å². The molecule has 0 aromatic carbocycles. The number of hydrogen-bond donors (Lipinski definition) is 3. The van der Waals surface area contributed by atoms with Gasteiger partial charge in [-0.15, -0.1) is 24.0 Å². The minimum Gasteiger partial charge on any atom is -0.466 e. The molecule has 9 heteroatoms. The number of hydrogen-bond acceptors (Lipinski definition) is 6. The molecule has 0 saturated carbocycles. The Hall–Kier alpha value is -1.85. The van der Waals surface area contributed by atoms with E-state index in [0.717, 1.165) is 37.6 Å². The lowest BCUT2D eigenvalue weighted by molar-refractivity contribution is 0.0386. The van der Waals surface area contributed by atoms with Gasteiger partial charge in [-0.3, -0.25) is 0 Å². The van der Waals surface area contributed by atoms with Crippen molar-refractivity contribution >= 4 is 35.8 Å². The minimum atomic E-state index is -1.13. The number of pyridine rings is 1. The van der Waals surface area contributed by atoms with Crippen molar-refractivity contribution < 1.29 is 14.3 Å². The molecule has 30 heavy (non-hydrogen) atoms. The molecule has 2 aromatic heterocycles. The summed E-state index contributed by atoms with van der Waals surface area (Å²) in [6.45, 7) is 9.70. The zero-order valence-corrected chi connectivity index (χ0v) is 20.1. The van der Waals surface area contributed by atoms with Gasteiger partial charge in [0.05, 0.1) is 32.1 Å². The maximum atomic E-state index is 10.6. The van der Waals surface area contributed by atoms with Crippen LogP contribution in [0.3, 0.4) is 0 Å². The van der Waals surface area contributed by atoms with Crippen LogP contribution in [0.1, 0.15) is 32.1 Å². The van der Waals surface area contributed by atoms with Gasteiger partial charge in [-0.25, -0.2) is 9.98 Å². The maximum absolute atomic E-state index is 10.6. The van der Waals surface area contributed by atoms with E-state index in [1.54, 1.807) is 25.3 Å². The molecule has 1 aliphatic heterocycles. The highest BCUT2D eigenvalue weighted by atomic mass is 127. The summed E-state index contributed by atoms with van der Waals surface area (Å²) in [5.41, 5.74) is -0.0551. The lowest BCUT2D eigenvalue weighted by Crippen LogP contribution is -2.44. The number of nitrogens with one attached hydrogen (secondary N) is 2. The molecule has 0 bridgehead atoms. The number of aliphatic hydroxyl groups is 1. The average molecular weight is 529 g/mol. The summed E-state index contributed by atoms with van der Waals surface area (Å²) in [6.07, 6.45) is 3.58. The van der Waals surface area contributed by atoms with Gasteiger partial charge in [0.2, 0.25) is 0 Å². The van der Waals surface area contributed by atoms with E-state index >= 15 is 0 Å². The van der Waals surface area contributed by atoms with Crippen molar-refractivity contribution in [1.29, 1.82) is 0 Å². The summed E-state index contributed by atoms with van der Waals surface area (Å²) in [5.74, 6) is 2.10.